The number of rotatable bonds is 9. The Morgan fingerprint density at radius 1 is 0.900 bits per heavy atom. The number of hydrogen-bond acceptors (Lipinski definition) is 10. The number of non-ortho nitro benzene ring substituents is 1. The van der Waals surface area contributed by atoms with Crippen molar-refractivity contribution < 1.29 is 38.3 Å². The highest BCUT2D eigenvalue weighted by Gasteiger charge is 2.61. The van der Waals surface area contributed by atoms with Crippen molar-refractivity contribution in [2.75, 3.05) is 37.9 Å². The van der Waals surface area contributed by atoms with Gasteiger partial charge in [-0.1, -0.05) is 12.1 Å². The Labute approximate surface area is 229 Å². The predicted molar refractivity (Wildman–Crippen MR) is 143 cm³/mol. The summed E-state index contributed by atoms with van der Waals surface area (Å²) in [6.07, 6.45) is -1.20. The Balaban J connectivity index is 1.66. The fourth-order valence-corrected chi connectivity index (χ4v) is 5.19. The number of carbonyl (C=O) groups is 2. The van der Waals surface area contributed by atoms with Gasteiger partial charge in [0.1, 0.15) is 17.7 Å². The zero-order valence-corrected chi connectivity index (χ0v) is 22.2. The van der Waals surface area contributed by atoms with Gasteiger partial charge in [-0.3, -0.25) is 24.5 Å². The lowest BCUT2D eigenvalue weighted by Gasteiger charge is -2.30. The molecule has 3 atom stereocenters. The molecule has 0 radical (unpaired) electrons. The van der Waals surface area contributed by atoms with E-state index >= 15 is 0 Å². The topological polar surface area (TPSA) is 130 Å². The van der Waals surface area contributed by atoms with Crippen molar-refractivity contribution in [2.45, 2.75) is 19.1 Å². The first kappa shape index (κ1) is 26.8. The van der Waals surface area contributed by atoms with Crippen LogP contribution < -0.4 is 28.9 Å². The molecule has 3 aromatic carbocycles. The summed E-state index contributed by atoms with van der Waals surface area (Å²) in [4.78, 5) is 46.0. The molecule has 0 unspecified atom stereocenters. The lowest BCUT2D eigenvalue weighted by atomic mass is 9.89. The third kappa shape index (κ3) is 4.31. The smallest absolute Gasteiger partial charge is 0.271 e. The quantitative estimate of drug-likeness (QED) is 0.219. The summed E-state index contributed by atoms with van der Waals surface area (Å²) >= 11 is 0. The van der Waals surface area contributed by atoms with Gasteiger partial charge in [0.25, 0.3) is 11.6 Å². The average Bonchev–Trinajstić information content (AvgIpc) is 3.47. The van der Waals surface area contributed by atoms with E-state index in [1.165, 1.54) is 44.6 Å². The largest absolute Gasteiger partial charge is 0.494 e. The van der Waals surface area contributed by atoms with Crippen LogP contribution in [0.2, 0.25) is 0 Å². The van der Waals surface area contributed by atoms with Crippen LogP contribution in [0.15, 0.2) is 60.7 Å². The minimum Gasteiger partial charge on any atom is -0.494 e. The van der Waals surface area contributed by atoms with Crippen LogP contribution in [0.25, 0.3) is 0 Å². The Morgan fingerprint density at radius 3 is 2.30 bits per heavy atom. The molecule has 2 aliphatic rings. The summed E-state index contributed by atoms with van der Waals surface area (Å²) in [5.74, 6) is -0.640. The molecule has 0 spiro atoms. The van der Waals surface area contributed by atoms with Crippen molar-refractivity contribution in [2.24, 2.45) is 5.92 Å². The van der Waals surface area contributed by atoms with E-state index in [-0.39, 0.29) is 22.9 Å². The highest BCUT2D eigenvalue weighted by molar-refractivity contribution is 6.24. The van der Waals surface area contributed by atoms with Gasteiger partial charge in [-0.15, -0.1) is 0 Å². The molecule has 3 aromatic rings. The third-order valence-corrected chi connectivity index (χ3v) is 6.85. The lowest BCUT2D eigenvalue weighted by Crippen LogP contribution is -2.37. The first-order chi connectivity index (χ1) is 19.3. The van der Waals surface area contributed by atoms with Gasteiger partial charge in [0.15, 0.2) is 17.6 Å². The number of amides is 2. The molecule has 2 heterocycles. The van der Waals surface area contributed by atoms with E-state index in [9.17, 15) is 19.7 Å². The molecule has 0 N–H and O–H groups in total. The van der Waals surface area contributed by atoms with Gasteiger partial charge in [-0.25, -0.2) is 9.96 Å². The zero-order chi connectivity index (χ0) is 28.6. The Bertz CT molecular complexity index is 1480. The van der Waals surface area contributed by atoms with Gasteiger partial charge in [-0.05, 0) is 37.3 Å². The van der Waals surface area contributed by atoms with Crippen LogP contribution in [-0.2, 0) is 14.4 Å². The molecule has 0 aromatic heterocycles. The van der Waals surface area contributed by atoms with Crippen molar-refractivity contribution in [1.82, 2.24) is 0 Å². The number of carbonyl (C=O) groups excluding carboxylic acids is 2. The van der Waals surface area contributed by atoms with Crippen molar-refractivity contribution in [3.05, 3.63) is 76.3 Å². The number of nitro groups is 1. The SMILES string of the molecule is CCOc1cccc(N2C(=O)[C@H]3[C@@H](c4ccc(OC)c(OC)c4OC)N(c4cccc([N+](=O)[O-])c4)O[C@H]3C2=O)c1. The first-order valence-electron chi connectivity index (χ1n) is 12.4. The van der Waals surface area contributed by atoms with E-state index in [1.807, 2.05) is 6.92 Å². The Hall–Kier alpha value is -4.84. The molecule has 2 saturated heterocycles. The summed E-state index contributed by atoms with van der Waals surface area (Å²) in [5, 5.41) is 12.9. The molecule has 2 amide bonds. The summed E-state index contributed by atoms with van der Waals surface area (Å²) < 4.78 is 22.2. The van der Waals surface area contributed by atoms with E-state index in [4.69, 9.17) is 23.8 Å². The van der Waals surface area contributed by atoms with Crippen LogP contribution in [0.4, 0.5) is 17.1 Å². The van der Waals surface area contributed by atoms with Crippen LogP contribution in [0.1, 0.15) is 18.5 Å². The van der Waals surface area contributed by atoms with E-state index in [0.29, 0.717) is 29.4 Å². The molecule has 208 valence electrons. The molecule has 5 rings (SSSR count). The van der Waals surface area contributed by atoms with E-state index in [2.05, 4.69) is 0 Å². The first-order valence-corrected chi connectivity index (χ1v) is 12.4. The van der Waals surface area contributed by atoms with Crippen LogP contribution >= 0.6 is 0 Å². The molecule has 0 aliphatic carbocycles. The zero-order valence-electron chi connectivity index (χ0n) is 22.2. The number of ether oxygens (including phenoxy) is 4. The number of imide groups is 1. The Kier molecular flexibility index (Phi) is 7.18. The molecule has 2 fully saturated rings. The fourth-order valence-electron chi connectivity index (χ4n) is 5.19. The van der Waals surface area contributed by atoms with E-state index in [0.717, 1.165) is 4.90 Å². The van der Waals surface area contributed by atoms with Crippen LogP contribution in [0.3, 0.4) is 0 Å². The van der Waals surface area contributed by atoms with E-state index < -0.39 is 34.8 Å². The number of anilines is 2. The predicted octanol–water partition coefficient (Wildman–Crippen LogP) is 4.07. The van der Waals surface area contributed by atoms with Crippen LogP contribution in [0, 0.1) is 16.0 Å². The standard InChI is InChI=1S/C28H27N3O9/c1-5-39-19-11-7-8-16(15-19)29-27(32)22-23(20-12-13-21(36-2)25(38-4)24(20)37-3)30(40-26(22)28(29)33)17-9-6-10-18(14-17)31(34)35/h6-15,22-23,26H,5H2,1-4H3/t22-,23+,26+/m0/s1. The number of hydrogen-bond donors (Lipinski definition) is 0. The number of methoxy groups -OCH3 is 3. The van der Waals surface area contributed by atoms with E-state index in [1.54, 1.807) is 42.5 Å². The maximum atomic E-state index is 14.0. The maximum Gasteiger partial charge on any atom is 0.271 e. The summed E-state index contributed by atoms with van der Waals surface area (Å²) in [6, 6.07) is 14.9. The van der Waals surface area contributed by atoms with Gasteiger partial charge in [-0.2, -0.15) is 0 Å². The second-order valence-corrected chi connectivity index (χ2v) is 8.97. The van der Waals surface area contributed by atoms with Gasteiger partial charge in [0.2, 0.25) is 11.7 Å². The van der Waals surface area contributed by atoms with Crippen LogP contribution in [-0.4, -0.2) is 50.8 Å². The van der Waals surface area contributed by atoms with Gasteiger partial charge >= 0.3 is 0 Å². The number of nitro benzene ring substituents is 1. The minimum absolute atomic E-state index is 0.178. The Morgan fingerprint density at radius 2 is 1.62 bits per heavy atom. The second-order valence-electron chi connectivity index (χ2n) is 8.97. The summed E-state index contributed by atoms with van der Waals surface area (Å²) in [5.41, 5.74) is 0.920. The normalized spacial score (nSPS) is 19.9. The molecule has 2 aliphatic heterocycles. The van der Waals surface area contributed by atoms with Gasteiger partial charge in [0.05, 0.1) is 44.2 Å². The molecular formula is C28H27N3O9. The molecule has 12 nitrogen and oxygen atoms in total. The maximum absolute atomic E-state index is 14.0. The monoisotopic (exact) mass is 549 g/mol. The van der Waals surface area contributed by atoms with Crippen molar-refractivity contribution in [3.63, 3.8) is 0 Å². The van der Waals surface area contributed by atoms with Crippen molar-refractivity contribution >= 4 is 28.9 Å². The number of benzene rings is 3. The molecular weight excluding hydrogens is 522 g/mol. The summed E-state index contributed by atoms with van der Waals surface area (Å²) in [7, 11) is 4.38. The number of fused-ring (bicyclic) bond motifs is 1. The highest BCUT2D eigenvalue weighted by atomic mass is 16.7. The lowest BCUT2D eigenvalue weighted by molar-refractivity contribution is -0.384. The molecule has 0 bridgehead atoms. The van der Waals surface area contributed by atoms with Crippen molar-refractivity contribution in [3.8, 4) is 23.0 Å². The third-order valence-electron chi connectivity index (χ3n) is 6.85. The highest BCUT2D eigenvalue weighted by Crippen LogP contribution is 2.53. The minimum atomic E-state index is -1.20. The molecule has 12 heteroatoms. The number of hydroxylamine groups is 1. The van der Waals surface area contributed by atoms with Crippen molar-refractivity contribution in [1.29, 1.82) is 0 Å². The molecule has 0 saturated carbocycles. The summed E-state index contributed by atoms with van der Waals surface area (Å²) in [6.45, 7) is 2.25. The number of nitrogens with zero attached hydrogens (tertiary/aromatic N) is 3. The molecule has 40 heavy (non-hydrogen) atoms. The second kappa shape index (κ2) is 10.7. The van der Waals surface area contributed by atoms with Gasteiger partial charge in [0, 0.05) is 23.8 Å². The van der Waals surface area contributed by atoms with Gasteiger partial charge < -0.3 is 18.9 Å². The average molecular weight is 550 g/mol. The fraction of sp³-hybridized carbons (Fsp3) is 0.286. The van der Waals surface area contributed by atoms with Crippen LogP contribution in [0.5, 0.6) is 23.0 Å².